The third-order valence-electron chi connectivity index (χ3n) is 6.60. The Labute approximate surface area is 213 Å². The molecule has 3 aromatic rings. The average molecular weight is 489 g/mol. The summed E-state index contributed by atoms with van der Waals surface area (Å²) in [5.74, 6) is -0.103. The summed E-state index contributed by atoms with van der Waals surface area (Å²) in [5, 5.41) is 7.71. The summed E-state index contributed by atoms with van der Waals surface area (Å²) in [4.78, 5) is 27.8. The third-order valence-corrected chi connectivity index (χ3v) is 6.60. The standard InChI is InChI=1S/C29H36N4O3/c1-19-8-7-9-24(16-19)33-26(22-12-14-32(15-13-22)28(35)36-29(4,5)6)25(18-30-33)27(34)31-23-11-10-20(2)21(3)17-23/h7-11,16-18,22H,12-15H2,1-6H3,(H,31,34). The maximum Gasteiger partial charge on any atom is 0.410 e. The van der Waals surface area contributed by atoms with Crippen LogP contribution in [0.5, 0.6) is 0 Å². The van der Waals surface area contributed by atoms with Gasteiger partial charge in [-0.25, -0.2) is 9.48 Å². The molecule has 0 spiro atoms. The molecule has 0 aliphatic carbocycles. The van der Waals surface area contributed by atoms with Gasteiger partial charge >= 0.3 is 6.09 Å². The molecule has 190 valence electrons. The number of carbonyl (C=O) groups is 2. The van der Waals surface area contributed by atoms with E-state index in [-0.39, 0.29) is 17.9 Å². The van der Waals surface area contributed by atoms with Gasteiger partial charge in [0.1, 0.15) is 5.60 Å². The van der Waals surface area contributed by atoms with Gasteiger partial charge in [0.25, 0.3) is 5.91 Å². The van der Waals surface area contributed by atoms with E-state index < -0.39 is 5.60 Å². The average Bonchev–Trinajstić information content (AvgIpc) is 3.26. The van der Waals surface area contributed by atoms with Crippen LogP contribution in [0.3, 0.4) is 0 Å². The van der Waals surface area contributed by atoms with E-state index in [1.807, 2.05) is 75.7 Å². The second kappa shape index (κ2) is 10.2. The minimum Gasteiger partial charge on any atom is -0.444 e. The first-order valence-corrected chi connectivity index (χ1v) is 12.5. The summed E-state index contributed by atoms with van der Waals surface area (Å²) in [6.07, 6.45) is 2.82. The Balaban J connectivity index is 1.62. The SMILES string of the molecule is Cc1cccc(-n2ncc(C(=O)Nc3ccc(C)c(C)c3)c2C2CCN(C(=O)OC(C)(C)C)CC2)c1. The van der Waals surface area contributed by atoms with E-state index in [1.165, 1.54) is 5.56 Å². The number of aryl methyl sites for hydroxylation is 3. The van der Waals surface area contributed by atoms with Gasteiger partial charge in [-0.1, -0.05) is 18.2 Å². The summed E-state index contributed by atoms with van der Waals surface area (Å²) in [5.41, 5.74) is 6.01. The lowest BCUT2D eigenvalue weighted by atomic mass is 9.90. The van der Waals surface area contributed by atoms with Crippen LogP contribution in [0.15, 0.2) is 48.7 Å². The van der Waals surface area contributed by atoms with E-state index >= 15 is 0 Å². The van der Waals surface area contributed by atoms with E-state index in [0.29, 0.717) is 18.7 Å². The molecule has 1 aromatic heterocycles. The number of anilines is 1. The second-order valence-electron chi connectivity index (χ2n) is 10.7. The van der Waals surface area contributed by atoms with Gasteiger partial charge in [0.05, 0.1) is 23.1 Å². The topological polar surface area (TPSA) is 76.5 Å². The van der Waals surface area contributed by atoms with Crippen LogP contribution in [0.2, 0.25) is 0 Å². The number of carbonyl (C=O) groups excluding carboxylic acids is 2. The Morgan fingerprint density at radius 3 is 2.36 bits per heavy atom. The van der Waals surface area contributed by atoms with Gasteiger partial charge in [0, 0.05) is 24.7 Å². The molecule has 0 radical (unpaired) electrons. The van der Waals surface area contributed by atoms with E-state index in [1.54, 1.807) is 11.1 Å². The fourth-order valence-electron chi connectivity index (χ4n) is 4.57. The van der Waals surface area contributed by atoms with E-state index in [9.17, 15) is 9.59 Å². The molecule has 0 saturated carbocycles. The second-order valence-corrected chi connectivity index (χ2v) is 10.7. The van der Waals surface area contributed by atoms with Crippen molar-refractivity contribution in [3.8, 4) is 5.69 Å². The summed E-state index contributed by atoms with van der Waals surface area (Å²) >= 11 is 0. The molecule has 4 rings (SSSR count). The molecular formula is C29H36N4O3. The van der Waals surface area contributed by atoms with Crippen molar-refractivity contribution in [3.63, 3.8) is 0 Å². The summed E-state index contributed by atoms with van der Waals surface area (Å²) in [6.45, 7) is 12.9. The van der Waals surface area contributed by atoms with Gasteiger partial charge in [-0.15, -0.1) is 0 Å². The van der Waals surface area contributed by atoms with Crippen molar-refractivity contribution in [2.45, 2.75) is 65.9 Å². The molecule has 1 aliphatic rings. The number of amides is 2. The van der Waals surface area contributed by atoms with Crippen LogP contribution in [0, 0.1) is 20.8 Å². The lowest BCUT2D eigenvalue weighted by Gasteiger charge is -2.34. The molecule has 7 heteroatoms. The maximum atomic E-state index is 13.5. The van der Waals surface area contributed by atoms with Gasteiger partial charge in [0.2, 0.25) is 0 Å². The van der Waals surface area contributed by atoms with Crippen molar-refractivity contribution in [1.29, 1.82) is 0 Å². The minimum atomic E-state index is -0.530. The fourth-order valence-corrected chi connectivity index (χ4v) is 4.57. The Morgan fingerprint density at radius 1 is 1.00 bits per heavy atom. The molecule has 1 fully saturated rings. The number of aromatic nitrogens is 2. The zero-order valence-corrected chi connectivity index (χ0v) is 22.1. The molecule has 7 nitrogen and oxygen atoms in total. The van der Waals surface area contributed by atoms with Crippen LogP contribution < -0.4 is 5.32 Å². The monoisotopic (exact) mass is 488 g/mol. The Morgan fingerprint density at radius 2 is 1.72 bits per heavy atom. The Bertz CT molecular complexity index is 1260. The highest BCUT2D eigenvalue weighted by atomic mass is 16.6. The number of ether oxygens (including phenoxy) is 1. The highest BCUT2D eigenvalue weighted by Crippen LogP contribution is 2.33. The molecule has 36 heavy (non-hydrogen) atoms. The number of benzene rings is 2. The van der Waals surface area contributed by atoms with Crippen molar-refractivity contribution < 1.29 is 14.3 Å². The first-order chi connectivity index (χ1) is 17.0. The highest BCUT2D eigenvalue weighted by Gasteiger charge is 2.32. The van der Waals surface area contributed by atoms with Crippen molar-refractivity contribution in [1.82, 2.24) is 14.7 Å². The molecule has 0 unspecified atom stereocenters. The summed E-state index contributed by atoms with van der Waals surface area (Å²) in [6, 6.07) is 14.0. The summed E-state index contributed by atoms with van der Waals surface area (Å²) in [7, 11) is 0. The van der Waals surface area contributed by atoms with Gasteiger partial charge in [-0.3, -0.25) is 4.79 Å². The Hall–Kier alpha value is -3.61. The number of hydrogen-bond acceptors (Lipinski definition) is 4. The van der Waals surface area contributed by atoms with Crippen LogP contribution in [-0.4, -0.2) is 45.4 Å². The maximum absolute atomic E-state index is 13.5. The number of piperidine rings is 1. The molecule has 1 aliphatic heterocycles. The molecule has 1 saturated heterocycles. The molecule has 0 bridgehead atoms. The lowest BCUT2D eigenvalue weighted by molar-refractivity contribution is 0.0203. The summed E-state index contributed by atoms with van der Waals surface area (Å²) < 4.78 is 7.45. The van der Waals surface area contributed by atoms with Crippen molar-refractivity contribution >= 4 is 17.7 Å². The van der Waals surface area contributed by atoms with Crippen LogP contribution in [0.25, 0.3) is 5.69 Å². The predicted molar refractivity (Wildman–Crippen MR) is 142 cm³/mol. The Kier molecular flexibility index (Phi) is 7.20. The van der Waals surface area contributed by atoms with Gasteiger partial charge < -0.3 is 15.0 Å². The van der Waals surface area contributed by atoms with Gasteiger partial charge in [0.15, 0.2) is 0 Å². The zero-order valence-electron chi connectivity index (χ0n) is 22.1. The lowest BCUT2D eigenvalue weighted by Crippen LogP contribution is -2.41. The quantitative estimate of drug-likeness (QED) is 0.477. The van der Waals surface area contributed by atoms with E-state index in [0.717, 1.165) is 41.0 Å². The van der Waals surface area contributed by atoms with E-state index in [4.69, 9.17) is 4.74 Å². The number of likely N-dealkylation sites (tertiary alicyclic amines) is 1. The van der Waals surface area contributed by atoms with Crippen LogP contribution in [-0.2, 0) is 4.74 Å². The molecule has 2 aromatic carbocycles. The van der Waals surface area contributed by atoms with Gasteiger partial charge in [-0.2, -0.15) is 5.10 Å². The number of nitrogens with one attached hydrogen (secondary N) is 1. The van der Waals surface area contributed by atoms with Crippen LogP contribution in [0.1, 0.15) is 72.3 Å². The van der Waals surface area contributed by atoms with Crippen molar-refractivity contribution in [3.05, 3.63) is 76.6 Å². The normalized spacial score (nSPS) is 14.6. The van der Waals surface area contributed by atoms with Crippen molar-refractivity contribution in [2.75, 3.05) is 18.4 Å². The first kappa shape index (κ1) is 25.5. The molecule has 2 amide bonds. The van der Waals surface area contributed by atoms with Gasteiger partial charge in [-0.05, 0) is 95.3 Å². The van der Waals surface area contributed by atoms with E-state index in [2.05, 4.69) is 23.4 Å². The predicted octanol–water partition coefficient (Wildman–Crippen LogP) is 6.16. The smallest absolute Gasteiger partial charge is 0.410 e. The number of rotatable bonds is 4. The number of nitrogens with zero attached hydrogens (tertiary/aromatic N) is 3. The van der Waals surface area contributed by atoms with Crippen LogP contribution >= 0.6 is 0 Å². The fraction of sp³-hybridized carbons (Fsp3) is 0.414. The molecule has 2 heterocycles. The molecule has 1 N–H and O–H groups in total. The zero-order chi connectivity index (χ0) is 26.0. The van der Waals surface area contributed by atoms with Crippen molar-refractivity contribution in [2.24, 2.45) is 0 Å². The third kappa shape index (κ3) is 5.78. The highest BCUT2D eigenvalue weighted by molar-refractivity contribution is 6.05. The number of hydrogen-bond donors (Lipinski definition) is 1. The van der Waals surface area contributed by atoms with Crippen LogP contribution in [0.4, 0.5) is 10.5 Å². The minimum absolute atomic E-state index is 0.0761. The molecule has 0 atom stereocenters. The molecular weight excluding hydrogens is 452 g/mol. The largest absolute Gasteiger partial charge is 0.444 e. The first-order valence-electron chi connectivity index (χ1n) is 12.5.